The summed E-state index contributed by atoms with van der Waals surface area (Å²) < 4.78 is 39.9. The number of carbonyl (C=O) groups excluding carboxylic acids is 1. The Morgan fingerprint density at radius 2 is 1.82 bits per heavy atom. The highest BCUT2D eigenvalue weighted by Gasteiger charge is 2.26. The smallest absolute Gasteiger partial charge is 0.253 e. The minimum Gasteiger partial charge on any atom is -0.440 e. The summed E-state index contributed by atoms with van der Waals surface area (Å²) in [5.41, 5.74) is 2.01. The van der Waals surface area contributed by atoms with E-state index < -0.39 is 11.6 Å². The van der Waals surface area contributed by atoms with E-state index in [4.69, 9.17) is 9.15 Å². The van der Waals surface area contributed by atoms with E-state index in [0.717, 1.165) is 6.07 Å². The zero-order valence-corrected chi connectivity index (χ0v) is 19.1. The Balaban J connectivity index is 1.63. The molecule has 2 aromatic carbocycles. The van der Waals surface area contributed by atoms with Crippen LogP contribution in [0.25, 0.3) is 11.0 Å². The van der Waals surface area contributed by atoms with Crippen molar-refractivity contribution in [3.05, 3.63) is 68.9 Å². The maximum atomic E-state index is 14.3. The molecule has 5 rings (SSSR count). The Bertz CT molecular complexity index is 1330. The number of carbonyl (C=O) groups is 1. The molecular formula is C25H25F2N3O4. The first-order chi connectivity index (χ1) is 16.3. The van der Waals surface area contributed by atoms with E-state index in [-0.39, 0.29) is 17.9 Å². The van der Waals surface area contributed by atoms with Crippen LogP contribution in [0.15, 0.2) is 39.5 Å². The molecule has 3 heterocycles. The topological polar surface area (TPSA) is 66.2 Å². The summed E-state index contributed by atoms with van der Waals surface area (Å²) in [5.74, 6) is -1.03. The zero-order chi connectivity index (χ0) is 24.0. The minimum absolute atomic E-state index is 0.233. The SMILES string of the molecule is CN(C)C(=O)c1cc(CN2CCc3c(F)cc(F)cc32)c2oc(N3CCOCC3)cc(=O)c2c1. The monoisotopic (exact) mass is 469 g/mol. The van der Waals surface area contributed by atoms with Crippen molar-refractivity contribution in [3.63, 3.8) is 0 Å². The van der Waals surface area contributed by atoms with Crippen LogP contribution in [0.1, 0.15) is 21.5 Å². The maximum absolute atomic E-state index is 14.3. The Labute approximate surface area is 195 Å². The van der Waals surface area contributed by atoms with E-state index in [0.29, 0.717) is 78.5 Å². The van der Waals surface area contributed by atoms with Crippen LogP contribution in [0.5, 0.6) is 0 Å². The van der Waals surface area contributed by atoms with Crippen LogP contribution < -0.4 is 15.2 Å². The summed E-state index contributed by atoms with van der Waals surface area (Å²) in [4.78, 5) is 31.1. The molecule has 0 spiro atoms. The molecule has 1 fully saturated rings. The fraction of sp³-hybridized carbons (Fsp3) is 0.360. The average Bonchev–Trinajstić information content (AvgIpc) is 3.22. The van der Waals surface area contributed by atoms with E-state index >= 15 is 0 Å². The highest BCUT2D eigenvalue weighted by molar-refractivity contribution is 5.98. The Kier molecular flexibility index (Phi) is 5.73. The summed E-state index contributed by atoms with van der Waals surface area (Å²) in [5, 5.41) is 0.296. The lowest BCUT2D eigenvalue weighted by Gasteiger charge is -2.27. The van der Waals surface area contributed by atoms with Gasteiger partial charge in [-0.05, 0) is 24.6 Å². The average molecular weight is 469 g/mol. The highest BCUT2D eigenvalue weighted by Crippen LogP contribution is 2.34. The Morgan fingerprint density at radius 3 is 2.56 bits per heavy atom. The van der Waals surface area contributed by atoms with Crippen LogP contribution in [0.4, 0.5) is 20.4 Å². The van der Waals surface area contributed by atoms with Crippen LogP contribution in [0.3, 0.4) is 0 Å². The summed E-state index contributed by atoms with van der Waals surface area (Å²) >= 11 is 0. The number of fused-ring (bicyclic) bond motifs is 2. The van der Waals surface area contributed by atoms with E-state index in [2.05, 4.69) is 0 Å². The van der Waals surface area contributed by atoms with Gasteiger partial charge in [-0.1, -0.05) is 0 Å². The molecule has 0 N–H and O–H groups in total. The van der Waals surface area contributed by atoms with Gasteiger partial charge in [0.1, 0.15) is 17.2 Å². The predicted octanol–water partition coefficient (Wildman–Crippen LogP) is 3.17. The van der Waals surface area contributed by atoms with Gasteiger partial charge in [-0.3, -0.25) is 9.59 Å². The lowest BCUT2D eigenvalue weighted by Crippen LogP contribution is -2.36. The van der Waals surface area contributed by atoms with Crippen molar-refractivity contribution in [1.29, 1.82) is 0 Å². The van der Waals surface area contributed by atoms with Crippen molar-refractivity contribution in [1.82, 2.24) is 4.90 Å². The lowest BCUT2D eigenvalue weighted by molar-refractivity contribution is 0.0827. The number of anilines is 2. The van der Waals surface area contributed by atoms with Gasteiger partial charge in [0.2, 0.25) is 0 Å². The Hall–Kier alpha value is -3.46. The molecule has 34 heavy (non-hydrogen) atoms. The maximum Gasteiger partial charge on any atom is 0.253 e. The van der Waals surface area contributed by atoms with Gasteiger partial charge in [0.15, 0.2) is 11.3 Å². The molecule has 178 valence electrons. The van der Waals surface area contributed by atoms with Gasteiger partial charge in [0.25, 0.3) is 5.91 Å². The molecule has 1 saturated heterocycles. The molecule has 1 amide bonds. The largest absolute Gasteiger partial charge is 0.440 e. The van der Waals surface area contributed by atoms with Gasteiger partial charge < -0.3 is 23.9 Å². The second kappa shape index (κ2) is 8.72. The number of nitrogens with zero attached hydrogens (tertiary/aromatic N) is 3. The normalized spacial score (nSPS) is 15.6. The molecule has 0 unspecified atom stereocenters. The van der Waals surface area contributed by atoms with Crippen molar-refractivity contribution < 1.29 is 22.7 Å². The first-order valence-corrected chi connectivity index (χ1v) is 11.2. The number of morpholine rings is 1. The van der Waals surface area contributed by atoms with Crippen molar-refractivity contribution in [2.75, 3.05) is 56.7 Å². The van der Waals surface area contributed by atoms with Crippen LogP contribution in [0, 0.1) is 11.6 Å². The number of ether oxygens (including phenoxy) is 1. The van der Waals surface area contributed by atoms with E-state index in [1.165, 1.54) is 17.0 Å². The van der Waals surface area contributed by atoms with Gasteiger partial charge in [-0.2, -0.15) is 0 Å². The molecule has 1 aromatic heterocycles. The second-order valence-corrected chi connectivity index (χ2v) is 8.82. The van der Waals surface area contributed by atoms with Crippen LogP contribution in [-0.4, -0.2) is 57.8 Å². The van der Waals surface area contributed by atoms with Gasteiger partial charge >= 0.3 is 0 Å². The number of hydrogen-bond acceptors (Lipinski definition) is 6. The molecule has 0 radical (unpaired) electrons. The zero-order valence-electron chi connectivity index (χ0n) is 19.1. The summed E-state index contributed by atoms with van der Waals surface area (Å²) in [6, 6.07) is 6.90. The third-order valence-electron chi connectivity index (χ3n) is 6.34. The molecule has 0 atom stereocenters. The number of benzene rings is 2. The van der Waals surface area contributed by atoms with E-state index in [9.17, 15) is 18.4 Å². The second-order valence-electron chi connectivity index (χ2n) is 8.82. The molecular weight excluding hydrogens is 444 g/mol. The lowest BCUT2D eigenvalue weighted by atomic mass is 10.0. The quantitative estimate of drug-likeness (QED) is 0.585. The summed E-state index contributed by atoms with van der Waals surface area (Å²) in [6.45, 7) is 2.98. The third kappa shape index (κ3) is 4.00. The minimum atomic E-state index is -0.648. The van der Waals surface area contributed by atoms with Gasteiger partial charge in [0, 0.05) is 74.8 Å². The first-order valence-electron chi connectivity index (χ1n) is 11.2. The molecule has 2 aliphatic heterocycles. The van der Waals surface area contributed by atoms with Crippen LogP contribution >= 0.6 is 0 Å². The highest BCUT2D eigenvalue weighted by atomic mass is 19.1. The number of hydrogen-bond donors (Lipinski definition) is 0. The standard InChI is InChI=1S/C25H25F2N3O4/c1-28(2)25(32)15-9-16(14-30-4-3-18-20(27)11-17(26)12-21(18)30)24-19(10-15)22(31)13-23(34-24)29-5-7-33-8-6-29/h9-13H,3-8,14H2,1-2H3. The fourth-order valence-corrected chi connectivity index (χ4v) is 4.61. The molecule has 9 heteroatoms. The third-order valence-corrected chi connectivity index (χ3v) is 6.34. The van der Waals surface area contributed by atoms with Crippen molar-refractivity contribution in [3.8, 4) is 0 Å². The number of halogens is 2. The molecule has 2 aliphatic rings. The molecule has 0 saturated carbocycles. The molecule has 0 aliphatic carbocycles. The molecule has 0 bridgehead atoms. The van der Waals surface area contributed by atoms with Gasteiger partial charge in [0.05, 0.1) is 18.6 Å². The van der Waals surface area contributed by atoms with Crippen molar-refractivity contribution in [2.24, 2.45) is 0 Å². The predicted molar refractivity (Wildman–Crippen MR) is 125 cm³/mol. The van der Waals surface area contributed by atoms with Gasteiger partial charge in [-0.15, -0.1) is 0 Å². The first kappa shape index (κ1) is 22.3. The number of rotatable bonds is 4. The van der Waals surface area contributed by atoms with E-state index in [1.54, 1.807) is 26.2 Å². The van der Waals surface area contributed by atoms with Crippen LogP contribution in [-0.2, 0) is 17.7 Å². The molecule has 3 aromatic rings. The Morgan fingerprint density at radius 1 is 1.06 bits per heavy atom. The van der Waals surface area contributed by atoms with Crippen molar-refractivity contribution >= 4 is 28.4 Å². The van der Waals surface area contributed by atoms with Crippen LogP contribution in [0.2, 0.25) is 0 Å². The fourth-order valence-electron chi connectivity index (χ4n) is 4.61. The summed E-state index contributed by atoms with van der Waals surface area (Å²) in [7, 11) is 3.27. The number of amides is 1. The van der Waals surface area contributed by atoms with Crippen molar-refractivity contribution in [2.45, 2.75) is 13.0 Å². The molecule has 7 nitrogen and oxygen atoms in total. The van der Waals surface area contributed by atoms with E-state index in [1.807, 2.05) is 9.80 Å². The summed E-state index contributed by atoms with van der Waals surface area (Å²) in [6.07, 6.45) is 0.443. The van der Waals surface area contributed by atoms with Gasteiger partial charge in [-0.25, -0.2) is 8.78 Å².